The van der Waals surface area contributed by atoms with E-state index in [1.54, 1.807) is 23.0 Å². The Morgan fingerprint density at radius 2 is 1.94 bits per heavy atom. The Morgan fingerprint density at radius 1 is 1.19 bits per heavy atom. The minimum atomic E-state index is -0.184. The standard InChI is InChI=1S/C25H34N8O3/c1-4-22-29-25(36-30-22)31-8-6-18(7-9-31)17(3)35-19-12-27-24(28-13-19)32-14-20(26)21(15-32)33-10-5-16(2)11-23(33)34/h5,10-13,17-18,20-21H,4,6-9,14-15,26H2,1-3H3/t17-,20+,21+/m0/s1. The summed E-state index contributed by atoms with van der Waals surface area (Å²) in [5, 5.41) is 3.99. The highest BCUT2D eigenvalue weighted by Crippen LogP contribution is 2.28. The number of ether oxygens (including phenoxy) is 1. The lowest BCUT2D eigenvalue weighted by Gasteiger charge is -2.33. The van der Waals surface area contributed by atoms with Crippen molar-refractivity contribution in [2.45, 2.75) is 58.2 Å². The van der Waals surface area contributed by atoms with Crippen LogP contribution in [0.2, 0.25) is 0 Å². The zero-order valence-corrected chi connectivity index (χ0v) is 21.1. The summed E-state index contributed by atoms with van der Waals surface area (Å²) in [6, 6.07) is 3.87. The molecule has 5 rings (SSSR count). The van der Waals surface area contributed by atoms with Crippen molar-refractivity contribution in [2.75, 3.05) is 36.0 Å². The van der Waals surface area contributed by atoms with Crippen molar-refractivity contribution in [3.8, 4) is 5.75 Å². The third-order valence-corrected chi connectivity index (χ3v) is 7.26. The van der Waals surface area contributed by atoms with E-state index in [1.165, 1.54) is 0 Å². The number of piperidine rings is 1. The quantitative estimate of drug-likeness (QED) is 0.520. The van der Waals surface area contributed by atoms with Gasteiger partial charge in [0.05, 0.1) is 24.5 Å². The summed E-state index contributed by atoms with van der Waals surface area (Å²) in [5.74, 6) is 2.39. The molecule has 36 heavy (non-hydrogen) atoms. The molecule has 192 valence electrons. The fraction of sp³-hybridized carbons (Fsp3) is 0.560. The van der Waals surface area contributed by atoms with Crippen molar-refractivity contribution in [2.24, 2.45) is 11.7 Å². The van der Waals surface area contributed by atoms with E-state index in [0.29, 0.717) is 36.7 Å². The van der Waals surface area contributed by atoms with Crippen LogP contribution in [0, 0.1) is 12.8 Å². The number of aromatic nitrogens is 5. The number of anilines is 2. The van der Waals surface area contributed by atoms with Gasteiger partial charge < -0.3 is 29.4 Å². The third kappa shape index (κ3) is 5.06. The largest absolute Gasteiger partial charge is 0.487 e. The van der Waals surface area contributed by atoms with Crippen molar-refractivity contribution < 1.29 is 9.26 Å². The number of hydrogen-bond acceptors (Lipinski definition) is 10. The molecule has 2 aliphatic heterocycles. The Morgan fingerprint density at radius 3 is 2.61 bits per heavy atom. The maximum Gasteiger partial charge on any atom is 0.324 e. The van der Waals surface area contributed by atoms with Gasteiger partial charge in [-0.05, 0) is 44.2 Å². The number of rotatable bonds is 7. The summed E-state index contributed by atoms with van der Waals surface area (Å²) < 4.78 is 13.3. The number of hydrogen-bond donors (Lipinski definition) is 1. The molecule has 0 aromatic carbocycles. The fourth-order valence-electron chi connectivity index (χ4n) is 5.05. The van der Waals surface area contributed by atoms with E-state index in [-0.39, 0.29) is 23.7 Å². The molecule has 5 heterocycles. The van der Waals surface area contributed by atoms with Crippen LogP contribution in [0.3, 0.4) is 0 Å². The molecule has 3 aromatic rings. The molecule has 11 nitrogen and oxygen atoms in total. The lowest BCUT2D eigenvalue weighted by Crippen LogP contribution is -2.38. The third-order valence-electron chi connectivity index (χ3n) is 7.26. The van der Waals surface area contributed by atoms with E-state index in [2.05, 4.69) is 31.9 Å². The van der Waals surface area contributed by atoms with Gasteiger partial charge in [0.1, 0.15) is 0 Å². The number of aryl methyl sites for hydroxylation is 2. The van der Waals surface area contributed by atoms with Gasteiger partial charge >= 0.3 is 6.01 Å². The van der Waals surface area contributed by atoms with Crippen molar-refractivity contribution in [3.05, 3.63) is 52.5 Å². The summed E-state index contributed by atoms with van der Waals surface area (Å²) in [7, 11) is 0. The molecule has 2 fully saturated rings. The first-order valence-electron chi connectivity index (χ1n) is 12.7. The predicted molar refractivity (Wildman–Crippen MR) is 135 cm³/mol. The van der Waals surface area contributed by atoms with Crippen LogP contribution in [0.15, 0.2) is 40.0 Å². The van der Waals surface area contributed by atoms with Gasteiger partial charge in [-0.15, -0.1) is 0 Å². The van der Waals surface area contributed by atoms with Crippen LogP contribution in [0.5, 0.6) is 5.75 Å². The van der Waals surface area contributed by atoms with E-state index in [0.717, 1.165) is 43.7 Å². The van der Waals surface area contributed by atoms with Crippen LogP contribution in [-0.4, -0.2) is 63.0 Å². The van der Waals surface area contributed by atoms with E-state index < -0.39 is 0 Å². The molecule has 3 atom stereocenters. The minimum Gasteiger partial charge on any atom is -0.487 e. The van der Waals surface area contributed by atoms with Crippen LogP contribution in [0.25, 0.3) is 0 Å². The molecular formula is C25H34N8O3. The molecular weight excluding hydrogens is 460 g/mol. The summed E-state index contributed by atoms with van der Waals surface area (Å²) >= 11 is 0. The number of nitrogens with two attached hydrogens (primary N) is 1. The predicted octanol–water partition coefficient (Wildman–Crippen LogP) is 1.96. The highest BCUT2D eigenvalue weighted by atomic mass is 16.5. The second-order valence-electron chi connectivity index (χ2n) is 9.80. The van der Waals surface area contributed by atoms with Gasteiger partial charge in [0.25, 0.3) is 5.56 Å². The molecule has 2 N–H and O–H groups in total. The van der Waals surface area contributed by atoms with Gasteiger partial charge in [0, 0.05) is 50.9 Å². The number of pyridine rings is 1. The molecule has 0 radical (unpaired) electrons. The van der Waals surface area contributed by atoms with E-state index in [1.807, 2.05) is 31.0 Å². The van der Waals surface area contributed by atoms with Crippen LogP contribution in [0.4, 0.5) is 12.0 Å². The summed E-state index contributed by atoms with van der Waals surface area (Å²) in [5.41, 5.74) is 7.28. The maximum atomic E-state index is 12.4. The summed E-state index contributed by atoms with van der Waals surface area (Å²) in [6.45, 7) is 8.91. The SMILES string of the molecule is CCc1noc(N2CCC([C@H](C)Oc3cnc(N4C[C@@H](N)[C@H](n5ccc(C)cc5=O)C4)nc3)CC2)n1. The first-order chi connectivity index (χ1) is 17.4. The average Bonchev–Trinajstić information content (AvgIpc) is 3.52. The van der Waals surface area contributed by atoms with E-state index in [9.17, 15) is 4.79 Å². The molecule has 0 bridgehead atoms. The van der Waals surface area contributed by atoms with Crippen molar-refractivity contribution in [3.63, 3.8) is 0 Å². The van der Waals surface area contributed by atoms with Crippen LogP contribution in [-0.2, 0) is 6.42 Å². The monoisotopic (exact) mass is 494 g/mol. The second-order valence-corrected chi connectivity index (χ2v) is 9.80. The Hall–Kier alpha value is -3.47. The molecule has 0 saturated carbocycles. The second kappa shape index (κ2) is 10.3. The van der Waals surface area contributed by atoms with Gasteiger partial charge in [0.15, 0.2) is 11.6 Å². The van der Waals surface area contributed by atoms with Gasteiger partial charge in [-0.2, -0.15) is 4.98 Å². The van der Waals surface area contributed by atoms with Crippen molar-refractivity contribution >= 4 is 12.0 Å². The highest BCUT2D eigenvalue weighted by Gasteiger charge is 2.33. The Labute approximate surface area is 210 Å². The zero-order chi connectivity index (χ0) is 25.2. The molecule has 0 spiro atoms. The van der Waals surface area contributed by atoms with Gasteiger partial charge in [-0.3, -0.25) is 4.79 Å². The van der Waals surface area contributed by atoms with Gasteiger partial charge in [-0.25, -0.2) is 9.97 Å². The van der Waals surface area contributed by atoms with Crippen LogP contribution < -0.4 is 25.8 Å². The molecule has 3 aromatic heterocycles. The van der Waals surface area contributed by atoms with Gasteiger partial charge in [0.2, 0.25) is 5.95 Å². The summed E-state index contributed by atoms with van der Waals surface area (Å²) in [4.78, 5) is 30.1. The first kappa shape index (κ1) is 24.2. The topological polar surface area (TPSA) is 128 Å². The van der Waals surface area contributed by atoms with Crippen LogP contribution >= 0.6 is 0 Å². The molecule has 0 unspecified atom stereocenters. The Balaban J connectivity index is 1.15. The zero-order valence-electron chi connectivity index (χ0n) is 21.1. The van der Waals surface area contributed by atoms with E-state index >= 15 is 0 Å². The molecule has 11 heteroatoms. The van der Waals surface area contributed by atoms with Crippen LogP contribution in [0.1, 0.15) is 44.1 Å². The minimum absolute atomic E-state index is 0.0356. The molecule has 2 saturated heterocycles. The Bertz CT molecular complexity index is 1220. The smallest absolute Gasteiger partial charge is 0.324 e. The molecule has 2 aliphatic rings. The first-order valence-corrected chi connectivity index (χ1v) is 12.7. The lowest BCUT2D eigenvalue weighted by molar-refractivity contribution is 0.131. The molecule has 0 amide bonds. The maximum absolute atomic E-state index is 12.4. The van der Waals surface area contributed by atoms with Gasteiger partial charge in [-0.1, -0.05) is 12.1 Å². The lowest BCUT2D eigenvalue weighted by atomic mass is 9.92. The van der Waals surface area contributed by atoms with E-state index in [4.69, 9.17) is 15.0 Å². The number of nitrogens with zero attached hydrogens (tertiary/aromatic N) is 7. The normalized spacial score (nSPS) is 21.7. The Kier molecular flexibility index (Phi) is 6.90. The average molecular weight is 495 g/mol. The molecule has 0 aliphatic carbocycles. The summed E-state index contributed by atoms with van der Waals surface area (Å²) in [6.07, 6.45) is 8.02. The van der Waals surface area contributed by atoms with Crippen molar-refractivity contribution in [1.29, 1.82) is 0 Å². The fourth-order valence-corrected chi connectivity index (χ4v) is 5.05. The van der Waals surface area contributed by atoms with Crippen molar-refractivity contribution in [1.82, 2.24) is 24.7 Å². The highest BCUT2D eigenvalue weighted by molar-refractivity contribution is 5.35.